The molecule has 1 aliphatic rings. The van der Waals surface area contributed by atoms with Crippen LogP contribution in [0.3, 0.4) is 0 Å². The average molecular weight is 286 g/mol. The van der Waals surface area contributed by atoms with E-state index in [2.05, 4.69) is 5.32 Å². The van der Waals surface area contributed by atoms with Crippen molar-refractivity contribution in [1.29, 1.82) is 0 Å². The van der Waals surface area contributed by atoms with Crippen molar-refractivity contribution in [3.8, 4) is 5.75 Å². The Kier molecular flexibility index (Phi) is 4.86. The number of alkyl halides is 2. The van der Waals surface area contributed by atoms with Crippen molar-refractivity contribution in [1.82, 2.24) is 0 Å². The van der Waals surface area contributed by atoms with Gasteiger partial charge in [-0.15, -0.1) is 0 Å². The first kappa shape index (κ1) is 14.7. The van der Waals surface area contributed by atoms with Crippen molar-refractivity contribution < 1.29 is 23.0 Å². The molecule has 1 unspecified atom stereocenters. The number of carbonyl (C=O) groups is 1. The van der Waals surface area contributed by atoms with Crippen LogP contribution in [0.4, 0.5) is 14.5 Å². The Balaban J connectivity index is 1.91. The summed E-state index contributed by atoms with van der Waals surface area (Å²) >= 11 is 0. The monoisotopic (exact) mass is 286 g/mol. The highest BCUT2D eigenvalue weighted by molar-refractivity contribution is 5.95. The lowest BCUT2D eigenvalue weighted by Gasteiger charge is -2.20. The predicted octanol–water partition coefficient (Wildman–Crippen LogP) is 1.69. The Morgan fingerprint density at radius 3 is 3.00 bits per heavy atom. The van der Waals surface area contributed by atoms with Crippen LogP contribution in [0.2, 0.25) is 0 Å². The molecule has 7 heteroatoms. The SMILES string of the molecule is NC(CCOCC(F)F)c1ccc2c(c1)NC(=O)CO2. The van der Waals surface area contributed by atoms with E-state index < -0.39 is 13.0 Å². The van der Waals surface area contributed by atoms with E-state index in [4.69, 9.17) is 15.2 Å². The van der Waals surface area contributed by atoms with E-state index in [1.165, 1.54) is 0 Å². The smallest absolute Gasteiger partial charge is 0.262 e. The van der Waals surface area contributed by atoms with Gasteiger partial charge in [0.25, 0.3) is 12.3 Å². The second kappa shape index (κ2) is 6.62. The summed E-state index contributed by atoms with van der Waals surface area (Å²) < 4.78 is 33.8. The van der Waals surface area contributed by atoms with Gasteiger partial charge in [0.2, 0.25) is 0 Å². The fourth-order valence-electron chi connectivity index (χ4n) is 1.88. The van der Waals surface area contributed by atoms with Gasteiger partial charge in [-0.1, -0.05) is 6.07 Å². The van der Waals surface area contributed by atoms with Crippen LogP contribution in [-0.4, -0.2) is 32.2 Å². The van der Waals surface area contributed by atoms with Gasteiger partial charge in [-0.05, 0) is 24.1 Å². The number of amides is 1. The van der Waals surface area contributed by atoms with Crippen LogP contribution in [0.25, 0.3) is 0 Å². The molecule has 1 atom stereocenters. The predicted molar refractivity (Wildman–Crippen MR) is 68.9 cm³/mol. The normalized spacial score (nSPS) is 15.5. The first-order valence-corrected chi connectivity index (χ1v) is 6.24. The van der Waals surface area contributed by atoms with Gasteiger partial charge in [0.1, 0.15) is 12.4 Å². The van der Waals surface area contributed by atoms with Gasteiger partial charge in [0.05, 0.1) is 5.69 Å². The van der Waals surface area contributed by atoms with Crippen molar-refractivity contribution in [2.24, 2.45) is 5.73 Å². The minimum Gasteiger partial charge on any atom is -0.482 e. The molecule has 5 nitrogen and oxygen atoms in total. The van der Waals surface area contributed by atoms with Crippen LogP contribution in [-0.2, 0) is 9.53 Å². The molecule has 0 aromatic heterocycles. The zero-order chi connectivity index (χ0) is 14.5. The average Bonchev–Trinajstić information content (AvgIpc) is 2.42. The van der Waals surface area contributed by atoms with Crippen LogP contribution in [0.1, 0.15) is 18.0 Å². The largest absolute Gasteiger partial charge is 0.482 e. The van der Waals surface area contributed by atoms with Gasteiger partial charge in [0.15, 0.2) is 6.61 Å². The summed E-state index contributed by atoms with van der Waals surface area (Å²) in [6.45, 7) is -0.424. The summed E-state index contributed by atoms with van der Waals surface area (Å²) in [5.41, 5.74) is 7.32. The number of halogens is 2. The lowest BCUT2D eigenvalue weighted by molar-refractivity contribution is -0.118. The molecule has 1 amide bonds. The number of benzene rings is 1. The number of hydrogen-bond donors (Lipinski definition) is 2. The second-order valence-electron chi connectivity index (χ2n) is 4.45. The number of carbonyl (C=O) groups excluding carboxylic acids is 1. The van der Waals surface area contributed by atoms with Crippen LogP contribution >= 0.6 is 0 Å². The molecule has 1 aromatic carbocycles. The second-order valence-corrected chi connectivity index (χ2v) is 4.45. The summed E-state index contributed by atoms with van der Waals surface area (Å²) in [5.74, 6) is 0.373. The molecule has 0 radical (unpaired) electrons. The highest BCUT2D eigenvalue weighted by Crippen LogP contribution is 2.30. The molecule has 3 N–H and O–H groups in total. The van der Waals surface area contributed by atoms with Gasteiger partial charge >= 0.3 is 0 Å². The summed E-state index contributed by atoms with van der Waals surface area (Å²) in [6.07, 6.45) is -2.05. The lowest BCUT2D eigenvalue weighted by atomic mass is 10.0. The summed E-state index contributed by atoms with van der Waals surface area (Å²) in [4.78, 5) is 11.2. The first-order valence-electron chi connectivity index (χ1n) is 6.24. The molecule has 0 aliphatic carbocycles. The molecule has 110 valence electrons. The maximum Gasteiger partial charge on any atom is 0.262 e. The highest BCUT2D eigenvalue weighted by atomic mass is 19.3. The van der Waals surface area contributed by atoms with E-state index in [1.807, 2.05) is 0 Å². The summed E-state index contributed by atoms with van der Waals surface area (Å²) in [5, 5.41) is 2.69. The minimum atomic E-state index is -2.47. The molecule has 1 aromatic rings. The van der Waals surface area contributed by atoms with Crippen molar-refractivity contribution in [3.05, 3.63) is 23.8 Å². The van der Waals surface area contributed by atoms with Crippen molar-refractivity contribution >= 4 is 11.6 Å². The lowest BCUT2D eigenvalue weighted by Crippen LogP contribution is -2.25. The summed E-state index contributed by atoms with van der Waals surface area (Å²) in [6, 6.07) is 4.89. The molecule has 2 rings (SSSR count). The topological polar surface area (TPSA) is 73.6 Å². The van der Waals surface area contributed by atoms with Crippen LogP contribution < -0.4 is 15.8 Å². The Labute approximate surface area is 115 Å². The Morgan fingerprint density at radius 1 is 1.45 bits per heavy atom. The van der Waals surface area contributed by atoms with E-state index in [1.54, 1.807) is 18.2 Å². The number of nitrogens with one attached hydrogen (secondary N) is 1. The van der Waals surface area contributed by atoms with Gasteiger partial charge in [-0.25, -0.2) is 8.78 Å². The van der Waals surface area contributed by atoms with Crippen molar-refractivity contribution in [3.63, 3.8) is 0 Å². The Hall–Kier alpha value is -1.73. The fourth-order valence-corrected chi connectivity index (χ4v) is 1.88. The van der Waals surface area contributed by atoms with Gasteiger partial charge in [-0.2, -0.15) is 0 Å². The van der Waals surface area contributed by atoms with Gasteiger partial charge in [0, 0.05) is 12.6 Å². The van der Waals surface area contributed by atoms with Gasteiger partial charge in [-0.3, -0.25) is 4.79 Å². The Bertz CT molecular complexity index is 483. The maximum absolute atomic E-state index is 11.9. The van der Waals surface area contributed by atoms with E-state index in [-0.39, 0.29) is 25.2 Å². The van der Waals surface area contributed by atoms with Gasteiger partial charge < -0.3 is 20.5 Å². The summed E-state index contributed by atoms with van der Waals surface area (Å²) in [7, 11) is 0. The molecule has 1 heterocycles. The number of nitrogens with two attached hydrogens (primary N) is 1. The van der Waals surface area contributed by atoms with Crippen LogP contribution in [0.15, 0.2) is 18.2 Å². The molecule has 0 fully saturated rings. The van der Waals surface area contributed by atoms with Crippen molar-refractivity contribution in [2.75, 3.05) is 25.1 Å². The number of fused-ring (bicyclic) bond motifs is 1. The van der Waals surface area contributed by atoms with Crippen LogP contribution in [0.5, 0.6) is 5.75 Å². The molecular weight excluding hydrogens is 270 g/mol. The third-order valence-corrected chi connectivity index (χ3v) is 2.88. The fraction of sp³-hybridized carbons (Fsp3) is 0.462. The molecule has 0 bridgehead atoms. The number of anilines is 1. The highest BCUT2D eigenvalue weighted by Gasteiger charge is 2.17. The number of rotatable bonds is 6. The van der Waals surface area contributed by atoms with Crippen molar-refractivity contribution in [2.45, 2.75) is 18.9 Å². The number of hydrogen-bond acceptors (Lipinski definition) is 4. The first-order chi connectivity index (χ1) is 9.56. The van der Waals surface area contributed by atoms with E-state index in [0.29, 0.717) is 17.9 Å². The standard InChI is InChI=1S/C13H16F2N2O3/c14-12(15)6-19-4-3-9(16)8-1-2-11-10(5-8)17-13(18)7-20-11/h1-2,5,9,12H,3-4,6-7,16H2,(H,17,18). The third kappa shape index (κ3) is 3.88. The van der Waals surface area contributed by atoms with E-state index in [9.17, 15) is 13.6 Å². The molecule has 0 saturated carbocycles. The molecular formula is C13H16F2N2O3. The maximum atomic E-state index is 11.9. The van der Waals surface area contributed by atoms with Crippen LogP contribution in [0, 0.1) is 0 Å². The van der Waals surface area contributed by atoms with E-state index in [0.717, 1.165) is 5.56 Å². The molecule has 0 saturated heterocycles. The quantitative estimate of drug-likeness (QED) is 0.780. The zero-order valence-electron chi connectivity index (χ0n) is 10.8. The number of ether oxygens (including phenoxy) is 2. The Morgan fingerprint density at radius 2 is 2.25 bits per heavy atom. The minimum absolute atomic E-state index is 0.000131. The van der Waals surface area contributed by atoms with E-state index >= 15 is 0 Å². The molecule has 1 aliphatic heterocycles. The molecule has 20 heavy (non-hydrogen) atoms. The zero-order valence-corrected chi connectivity index (χ0v) is 10.8. The third-order valence-electron chi connectivity index (χ3n) is 2.88. The molecule has 0 spiro atoms.